The third-order valence-corrected chi connectivity index (χ3v) is 2.70. The second-order valence-corrected chi connectivity index (χ2v) is 3.98. The van der Waals surface area contributed by atoms with Gasteiger partial charge >= 0.3 is 6.18 Å². The van der Waals surface area contributed by atoms with Crippen molar-refractivity contribution in [3.63, 3.8) is 0 Å². The summed E-state index contributed by atoms with van der Waals surface area (Å²) in [5.41, 5.74) is -0.817. The summed E-state index contributed by atoms with van der Waals surface area (Å²) in [7, 11) is 0. The highest BCUT2D eigenvalue weighted by atomic mass is 19.4. The minimum Gasteiger partial charge on any atom is -0.355 e. The number of carbonyl (C=O) groups is 1. The van der Waals surface area contributed by atoms with E-state index in [1.165, 1.54) is 0 Å². The topological polar surface area (TPSA) is 29.1 Å². The molecule has 17 heavy (non-hydrogen) atoms. The molecule has 1 aromatic rings. The highest BCUT2D eigenvalue weighted by molar-refractivity contribution is 5.79. The van der Waals surface area contributed by atoms with E-state index in [-0.39, 0.29) is 30.4 Å². The zero-order chi connectivity index (χ0) is 12.6. The quantitative estimate of drug-likeness (QED) is 0.759. The van der Waals surface area contributed by atoms with Crippen LogP contribution in [0.3, 0.4) is 0 Å². The zero-order valence-corrected chi connectivity index (χ0v) is 8.64. The first kappa shape index (κ1) is 11.9. The fourth-order valence-corrected chi connectivity index (χ4v) is 1.85. The smallest absolute Gasteiger partial charge is 0.355 e. The van der Waals surface area contributed by atoms with Crippen LogP contribution >= 0.6 is 0 Å². The van der Waals surface area contributed by atoms with Gasteiger partial charge in [0.05, 0.1) is 5.56 Å². The van der Waals surface area contributed by atoms with E-state index in [0.717, 1.165) is 12.1 Å². The van der Waals surface area contributed by atoms with Gasteiger partial charge in [0, 0.05) is 18.9 Å². The molecule has 1 fully saturated rings. The number of nitrogens with one attached hydrogen (secondary N) is 1. The number of halogens is 4. The number of alkyl halides is 3. The number of hydrogen-bond donors (Lipinski definition) is 1. The Morgan fingerprint density at radius 3 is 2.47 bits per heavy atom. The van der Waals surface area contributed by atoms with Crippen LogP contribution in [0.1, 0.15) is 23.5 Å². The maximum atomic E-state index is 13.1. The number of carbonyl (C=O) groups excluding carboxylic acids is 1. The molecule has 0 aliphatic carbocycles. The number of amides is 1. The average Bonchev–Trinajstić information content (AvgIpc) is 2.62. The first-order valence-corrected chi connectivity index (χ1v) is 5.00. The first-order chi connectivity index (χ1) is 7.86. The second kappa shape index (κ2) is 4.01. The molecule has 0 aromatic heterocycles. The van der Waals surface area contributed by atoms with Gasteiger partial charge in [-0.2, -0.15) is 13.2 Å². The molecule has 1 aliphatic heterocycles. The molecule has 2 rings (SSSR count). The van der Waals surface area contributed by atoms with Gasteiger partial charge in [-0.1, -0.05) is 0 Å². The van der Waals surface area contributed by atoms with Crippen molar-refractivity contribution in [2.75, 3.05) is 6.54 Å². The van der Waals surface area contributed by atoms with Crippen LogP contribution in [0.15, 0.2) is 18.2 Å². The van der Waals surface area contributed by atoms with Crippen molar-refractivity contribution in [1.29, 1.82) is 0 Å². The minimum atomic E-state index is -4.58. The van der Waals surface area contributed by atoms with Crippen molar-refractivity contribution in [1.82, 2.24) is 5.32 Å². The molecule has 0 spiro atoms. The van der Waals surface area contributed by atoms with Gasteiger partial charge in [0.2, 0.25) is 5.91 Å². The highest BCUT2D eigenvalue weighted by Gasteiger charge is 2.33. The molecule has 0 bridgehead atoms. The first-order valence-electron chi connectivity index (χ1n) is 5.00. The summed E-state index contributed by atoms with van der Waals surface area (Å²) in [6.07, 6.45) is -4.48. The Balaban J connectivity index is 2.35. The second-order valence-electron chi connectivity index (χ2n) is 3.98. The molecule has 2 nitrogen and oxygen atoms in total. The molecule has 1 heterocycles. The summed E-state index contributed by atoms with van der Waals surface area (Å²) in [6, 6.07) is 2.39. The Morgan fingerprint density at radius 1 is 1.24 bits per heavy atom. The Morgan fingerprint density at radius 2 is 1.94 bits per heavy atom. The van der Waals surface area contributed by atoms with Gasteiger partial charge in [-0.05, 0) is 23.8 Å². The fourth-order valence-electron chi connectivity index (χ4n) is 1.85. The fraction of sp³-hybridized carbons (Fsp3) is 0.364. The molecule has 1 atom stereocenters. The maximum absolute atomic E-state index is 13.1. The van der Waals surface area contributed by atoms with E-state index in [4.69, 9.17) is 0 Å². The van der Waals surface area contributed by atoms with Crippen LogP contribution in [0.2, 0.25) is 0 Å². The Hall–Kier alpha value is -1.59. The molecule has 1 N–H and O–H groups in total. The average molecular weight is 247 g/mol. The monoisotopic (exact) mass is 247 g/mol. The minimum absolute atomic E-state index is 0.0980. The van der Waals surface area contributed by atoms with E-state index >= 15 is 0 Å². The van der Waals surface area contributed by atoms with Crippen LogP contribution in [0.4, 0.5) is 17.6 Å². The lowest BCUT2D eigenvalue weighted by Gasteiger charge is -2.12. The molecule has 92 valence electrons. The molecule has 1 saturated heterocycles. The number of rotatable bonds is 1. The van der Waals surface area contributed by atoms with Crippen molar-refractivity contribution in [3.05, 3.63) is 35.1 Å². The largest absolute Gasteiger partial charge is 0.416 e. The number of hydrogen-bond acceptors (Lipinski definition) is 1. The van der Waals surface area contributed by atoms with Gasteiger partial charge in [-0.25, -0.2) is 4.39 Å². The predicted molar refractivity (Wildman–Crippen MR) is 51.8 cm³/mol. The summed E-state index contributed by atoms with van der Waals surface area (Å²) in [5, 5.41) is 2.50. The van der Waals surface area contributed by atoms with Crippen LogP contribution in [-0.2, 0) is 11.0 Å². The van der Waals surface area contributed by atoms with E-state index < -0.39 is 17.6 Å². The lowest BCUT2D eigenvalue weighted by molar-refractivity contribution is -0.137. The molecule has 1 unspecified atom stereocenters. The van der Waals surface area contributed by atoms with Gasteiger partial charge in [0.1, 0.15) is 5.82 Å². The van der Waals surface area contributed by atoms with E-state index in [9.17, 15) is 22.4 Å². The third-order valence-electron chi connectivity index (χ3n) is 2.70. The lowest BCUT2D eigenvalue weighted by atomic mass is 9.96. The van der Waals surface area contributed by atoms with Crippen LogP contribution < -0.4 is 5.32 Å². The molecule has 6 heteroatoms. The summed E-state index contributed by atoms with van der Waals surface area (Å²) < 4.78 is 50.5. The van der Waals surface area contributed by atoms with Crippen LogP contribution in [-0.4, -0.2) is 12.5 Å². The summed E-state index contributed by atoms with van der Waals surface area (Å²) >= 11 is 0. The van der Waals surface area contributed by atoms with Crippen molar-refractivity contribution < 1.29 is 22.4 Å². The Kier molecular flexibility index (Phi) is 2.81. The lowest BCUT2D eigenvalue weighted by Crippen LogP contribution is -2.14. The third kappa shape index (κ3) is 2.57. The molecule has 1 aromatic carbocycles. The van der Waals surface area contributed by atoms with Crippen LogP contribution in [0.25, 0.3) is 0 Å². The molecule has 0 saturated carbocycles. The summed E-state index contributed by atoms with van der Waals surface area (Å²) in [5.74, 6) is -1.55. The van der Waals surface area contributed by atoms with Crippen molar-refractivity contribution in [3.8, 4) is 0 Å². The normalized spacial score (nSPS) is 20.5. The van der Waals surface area contributed by atoms with Crippen molar-refractivity contribution in [2.24, 2.45) is 0 Å². The number of benzene rings is 1. The molecular formula is C11H9F4NO. The van der Waals surface area contributed by atoms with Crippen LogP contribution in [0.5, 0.6) is 0 Å². The molecular weight excluding hydrogens is 238 g/mol. The Labute approximate surface area is 94.6 Å². The molecule has 0 radical (unpaired) electrons. The summed E-state index contributed by atoms with van der Waals surface area (Å²) in [4.78, 5) is 11.0. The van der Waals surface area contributed by atoms with Crippen LogP contribution in [0, 0.1) is 5.82 Å². The van der Waals surface area contributed by atoms with Crippen molar-refractivity contribution in [2.45, 2.75) is 18.5 Å². The van der Waals surface area contributed by atoms with E-state index in [1.807, 2.05) is 0 Å². The SMILES string of the molecule is O=C1CC(c2cc(F)cc(C(F)(F)F)c2)CN1. The maximum Gasteiger partial charge on any atom is 0.416 e. The van der Waals surface area contributed by atoms with E-state index in [1.54, 1.807) is 0 Å². The predicted octanol–water partition coefficient (Wildman–Crippen LogP) is 2.45. The van der Waals surface area contributed by atoms with E-state index in [2.05, 4.69) is 5.32 Å². The molecule has 1 aliphatic rings. The van der Waals surface area contributed by atoms with Gasteiger partial charge in [0.15, 0.2) is 0 Å². The van der Waals surface area contributed by atoms with E-state index in [0.29, 0.717) is 6.07 Å². The van der Waals surface area contributed by atoms with Gasteiger partial charge in [0.25, 0.3) is 0 Å². The van der Waals surface area contributed by atoms with Gasteiger partial charge < -0.3 is 5.32 Å². The van der Waals surface area contributed by atoms with Crippen molar-refractivity contribution >= 4 is 5.91 Å². The summed E-state index contributed by atoms with van der Waals surface area (Å²) in [6.45, 7) is 0.250. The van der Waals surface area contributed by atoms with Gasteiger partial charge in [-0.3, -0.25) is 4.79 Å². The Bertz CT molecular complexity index is 455. The standard InChI is InChI=1S/C11H9F4NO/c12-9-2-6(7-3-10(17)16-5-7)1-8(4-9)11(13,14)15/h1-2,4,7H,3,5H2,(H,16,17). The highest BCUT2D eigenvalue weighted by Crippen LogP contribution is 2.33. The van der Waals surface area contributed by atoms with Gasteiger partial charge in [-0.15, -0.1) is 0 Å². The zero-order valence-electron chi connectivity index (χ0n) is 8.64. The molecule has 1 amide bonds.